The number of hydrogen-bond acceptors (Lipinski definition) is 4. The van der Waals surface area contributed by atoms with E-state index in [1.54, 1.807) is 6.07 Å². The molecule has 128 valence electrons. The number of halogens is 2. The molecular weight excluding hydrogens is 348 g/mol. The van der Waals surface area contributed by atoms with Crippen LogP contribution in [-0.4, -0.2) is 15.7 Å². The van der Waals surface area contributed by atoms with Crippen molar-refractivity contribution in [3.63, 3.8) is 0 Å². The smallest absolute Gasteiger partial charge is 0.267 e. The zero-order valence-corrected chi connectivity index (χ0v) is 13.9. The van der Waals surface area contributed by atoms with Crippen molar-refractivity contribution in [2.75, 3.05) is 5.32 Å². The maximum atomic E-state index is 13.2. The number of nitrogens with one attached hydrogen (secondary N) is 1. The van der Waals surface area contributed by atoms with Crippen molar-refractivity contribution in [2.24, 2.45) is 0 Å². The average molecular weight is 361 g/mol. The SMILES string of the molecule is CC(C(=O)Nc1ccc(F)c(F)c1)n1nc(-c2cccs2)ccc1=O. The minimum absolute atomic E-state index is 0.0956. The van der Waals surface area contributed by atoms with Gasteiger partial charge in [0.05, 0.1) is 4.88 Å². The Kier molecular flexibility index (Phi) is 4.71. The van der Waals surface area contributed by atoms with Gasteiger partial charge in [0.25, 0.3) is 5.56 Å². The highest BCUT2D eigenvalue weighted by atomic mass is 32.1. The fraction of sp³-hybridized carbons (Fsp3) is 0.118. The van der Waals surface area contributed by atoms with E-state index in [1.807, 2.05) is 17.5 Å². The molecule has 0 spiro atoms. The number of carbonyl (C=O) groups is 1. The van der Waals surface area contributed by atoms with Gasteiger partial charge in [0.1, 0.15) is 11.7 Å². The van der Waals surface area contributed by atoms with Crippen LogP contribution in [0.3, 0.4) is 0 Å². The number of aromatic nitrogens is 2. The molecule has 1 amide bonds. The summed E-state index contributed by atoms with van der Waals surface area (Å²) in [4.78, 5) is 25.3. The van der Waals surface area contributed by atoms with Crippen LogP contribution in [0.4, 0.5) is 14.5 Å². The van der Waals surface area contributed by atoms with E-state index in [4.69, 9.17) is 0 Å². The van der Waals surface area contributed by atoms with Gasteiger partial charge < -0.3 is 5.32 Å². The second-order valence-corrected chi connectivity index (χ2v) is 6.22. The van der Waals surface area contributed by atoms with Gasteiger partial charge in [0.2, 0.25) is 5.91 Å². The Morgan fingerprint density at radius 2 is 2.00 bits per heavy atom. The first-order valence-corrected chi connectivity index (χ1v) is 8.23. The van der Waals surface area contributed by atoms with Crippen LogP contribution in [-0.2, 0) is 4.79 Å². The maximum absolute atomic E-state index is 13.2. The standard InChI is InChI=1S/C17H13F2N3O2S/c1-10(17(24)20-11-4-5-12(18)13(19)9-11)22-16(23)7-6-14(21-22)15-3-2-8-25-15/h2-10H,1H3,(H,20,24). The Morgan fingerprint density at radius 3 is 2.68 bits per heavy atom. The van der Waals surface area contributed by atoms with Crippen molar-refractivity contribution in [3.05, 3.63) is 69.8 Å². The quantitative estimate of drug-likeness (QED) is 0.774. The van der Waals surface area contributed by atoms with Crippen LogP contribution >= 0.6 is 11.3 Å². The van der Waals surface area contributed by atoms with Crippen LogP contribution in [0.1, 0.15) is 13.0 Å². The summed E-state index contributed by atoms with van der Waals surface area (Å²) in [5.74, 6) is -2.64. The highest BCUT2D eigenvalue weighted by Gasteiger charge is 2.19. The van der Waals surface area contributed by atoms with Gasteiger partial charge in [-0.15, -0.1) is 11.3 Å². The molecule has 5 nitrogen and oxygen atoms in total. The number of benzene rings is 1. The number of thiophene rings is 1. The summed E-state index contributed by atoms with van der Waals surface area (Å²) in [5.41, 5.74) is 0.230. The topological polar surface area (TPSA) is 64.0 Å². The summed E-state index contributed by atoms with van der Waals surface area (Å²) in [6.07, 6.45) is 0. The molecule has 3 aromatic rings. The lowest BCUT2D eigenvalue weighted by Gasteiger charge is -2.14. The molecule has 25 heavy (non-hydrogen) atoms. The third kappa shape index (κ3) is 3.63. The van der Waals surface area contributed by atoms with E-state index in [-0.39, 0.29) is 5.69 Å². The van der Waals surface area contributed by atoms with Gasteiger partial charge in [0.15, 0.2) is 11.6 Å². The van der Waals surface area contributed by atoms with Crippen molar-refractivity contribution in [3.8, 4) is 10.6 Å². The monoisotopic (exact) mass is 361 g/mol. The van der Waals surface area contributed by atoms with Gasteiger partial charge in [-0.1, -0.05) is 6.07 Å². The van der Waals surface area contributed by atoms with E-state index >= 15 is 0 Å². The molecule has 2 aromatic heterocycles. The van der Waals surface area contributed by atoms with E-state index in [9.17, 15) is 18.4 Å². The number of anilines is 1. The number of rotatable bonds is 4. The third-order valence-electron chi connectivity index (χ3n) is 3.53. The number of carbonyl (C=O) groups excluding carboxylic acids is 1. The summed E-state index contributed by atoms with van der Waals surface area (Å²) < 4.78 is 27.2. The van der Waals surface area contributed by atoms with Crippen LogP contribution in [0.5, 0.6) is 0 Å². The summed E-state index contributed by atoms with van der Waals surface area (Å²) in [6, 6.07) is 8.73. The first-order chi connectivity index (χ1) is 12.0. The molecule has 0 aliphatic carbocycles. The fourth-order valence-electron chi connectivity index (χ4n) is 2.19. The molecule has 1 N–H and O–H groups in total. The van der Waals surface area contributed by atoms with E-state index in [1.165, 1.54) is 30.4 Å². The van der Waals surface area contributed by atoms with Crippen molar-refractivity contribution in [1.29, 1.82) is 0 Å². The van der Waals surface area contributed by atoms with Crippen LogP contribution in [0.15, 0.2) is 52.6 Å². The second kappa shape index (κ2) is 6.94. The molecule has 2 heterocycles. The van der Waals surface area contributed by atoms with E-state index in [0.29, 0.717) is 5.69 Å². The highest BCUT2D eigenvalue weighted by molar-refractivity contribution is 7.13. The Hall–Kier alpha value is -2.87. The Bertz CT molecular complexity index is 970. The summed E-state index contributed by atoms with van der Waals surface area (Å²) >= 11 is 1.46. The molecule has 1 unspecified atom stereocenters. The Morgan fingerprint density at radius 1 is 1.20 bits per heavy atom. The zero-order chi connectivity index (χ0) is 18.0. The van der Waals surface area contributed by atoms with Gasteiger partial charge in [-0.05, 0) is 36.6 Å². The highest BCUT2D eigenvalue weighted by Crippen LogP contribution is 2.22. The Balaban J connectivity index is 1.85. The summed E-state index contributed by atoms with van der Waals surface area (Å²) in [5, 5.41) is 8.56. The molecule has 0 aliphatic rings. The second-order valence-electron chi connectivity index (χ2n) is 5.27. The first kappa shape index (κ1) is 17.0. The Labute approximate surface area is 145 Å². The summed E-state index contributed by atoms with van der Waals surface area (Å²) in [7, 11) is 0. The minimum Gasteiger partial charge on any atom is -0.324 e. The van der Waals surface area contributed by atoms with Crippen LogP contribution in [0.25, 0.3) is 10.6 Å². The number of nitrogens with zero attached hydrogens (tertiary/aromatic N) is 2. The van der Waals surface area contributed by atoms with Gasteiger partial charge in [-0.25, -0.2) is 13.5 Å². The van der Waals surface area contributed by atoms with E-state index in [0.717, 1.165) is 21.7 Å². The molecule has 1 atom stereocenters. The fourth-order valence-corrected chi connectivity index (χ4v) is 2.88. The molecule has 0 saturated heterocycles. The van der Waals surface area contributed by atoms with Gasteiger partial charge in [0, 0.05) is 17.8 Å². The lowest BCUT2D eigenvalue weighted by molar-refractivity contribution is -0.119. The maximum Gasteiger partial charge on any atom is 0.267 e. The van der Waals surface area contributed by atoms with Crippen LogP contribution in [0, 0.1) is 11.6 Å². The van der Waals surface area contributed by atoms with Crippen molar-refractivity contribution >= 4 is 22.9 Å². The molecule has 0 fully saturated rings. The van der Waals surface area contributed by atoms with Crippen molar-refractivity contribution in [2.45, 2.75) is 13.0 Å². The van der Waals surface area contributed by atoms with E-state index in [2.05, 4.69) is 10.4 Å². The molecule has 1 aromatic carbocycles. The molecule has 0 saturated carbocycles. The predicted octanol–water partition coefficient (Wildman–Crippen LogP) is 3.45. The normalized spacial score (nSPS) is 12.0. The predicted molar refractivity (Wildman–Crippen MR) is 91.5 cm³/mol. The van der Waals surface area contributed by atoms with Crippen LogP contribution in [0.2, 0.25) is 0 Å². The molecule has 8 heteroatoms. The lowest BCUT2D eigenvalue weighted by Crippen LogP contribution is -2.33. The molecular formula is C17H13F2N3O2S. The molecule has 3 rings (SSSR count). The van der Waals surface area contributed by atoms with Crippen molar-refractivity contribution in [1.82, 2.24) is 9.78 Å². The van der Waals surface area contributed by atoms with Gasteiger partial charge >= 0.3 is 0 Å². The minimum atomic E-state index is -1.07. The van der Waals surface area contributed by atoms with Gasteiger partial charge in [-0.3, -0.25) is 9.59 Å². The van der Waals surface area contributed by atoms with Crippen LogP contribution < -0.4 is 10.9 Å². The van der Waals surface area contributed by atoms with E-state index < -0.39 is 29.1 Å². The molecule has 0 radical (unpaired) electrons. The number of hydrogen-bond donors (Lipinski definition) is 1. The first-order valence-electron chi connectivity index (χ1n) is 7.35. The summed E-state index contributed by atoms with van der Waals surface area (Å²) in [6.45, 7) is 1.50. The molecule has 0 bridgehead atoms. The third-order valence-corrected chi connectivity index (χ3v) is 4.42. The largest absolute Gasteiger partial charge is 0.324 e. The lowest BCUT2D eigenvalue weighted by atomic mass is 10.2. The van der Waals surface area contributed by atoms with Crippen molar-refractivity contribution < 1.29 is 13.6 Å². The molecule has 0 aliphatic heterocycles. The number of amides is 1. The average Bonchev–Trinajstić information content (AvgIpc) is 3.12. The zero-order valence-electron chi connectivity index (χ0n) is 13.1. The van der Waals surface area contributed by atoms with Gasteiger partial charge in [-0.2, -0.15) is 5.10 Å².